The molecule has 2 heterocycles. The van der Waals surface area contributed by atoms with Crippen molar-refractivity contribution in [1.82, 2.24) is 10.3 Å². The largest absolute Gasteiger partial charge is 0.362 e. The molecular weight excluding hydrogens is 466 g/mol. The van der Waals surface area contributed by atoms with Crippen LogP contribution in [0.1, 0.15) is 48.4 Å². The molecule has 182 valence electrons. The van der Waals surface area contributed by atoms with E-state index in [-0.39, 0.29) is 17.6 Å². The summed E-state index contributed by atoms with van der Waals surface area (Å²) in [5.41, 5.74) is 5.86. The number of allylic oxidation sites excluding steroid dienone is 3. The third-order valence-corrected chi connectivity index (χ3v) is 7.67. The maximum atomic E-state index is 13.7. The Hall–Kier alpha value is -3.64. The van der Waals surface area contributed by atoms with Gasteiger partial charge in [-0.1, -0.05) is 48.5 Å². The number of pyridine rings is 1. The van der Waals surface area contributed by atoms with E-state index in [1.807, 2.05) is 62.6 Å². The number of nitrogens with zero attached hydrogens (tertiary/aromatic N) is 1. The lowest BCUT2D eigenvalue weighted by molar-refractivity contribution is -0.116. The standard InChI is InChI=1S/C30H29N3O2S/c1-18-8-7-11-26(31-18)33-30(35)27-19(2)32-24-16-22(20-9-5-4-6-10-20)17-25(34)29(24)28(27)21-12-14-23(36-3)15-13-21/h4-15,22,28,32H,16-17H2,1-3H3,(H,31,33,35)/t22-,28+/m1/s1. The van der Waals surface area contributed by atoms with Gasteiger partial charge in [0.25, 0.3) is 5.91 Å². The van der Waals surface area contributed by atoms with Crippen LogP contribution in [-0.2, 0) is 9.59 Å². The van der Waals surface area contributed by atoms with Gasteiger partial charge in [-0.15, -0.1) is 11.8 Å². The first-order valence-corrected chi connectivity index (χ1v) is 13.3. The van der Waals surface area contributed by atoms with Crippen molar-refractivity contribution in [3.8, 4) is 0 Å². The summed E-state index contributed by atoms with van der Waals surface area (Å²) in [4.78, 5) is 33.0. The molecule has 1 aromatic heterocycles. The Labute approximate surface area is 216 Å². The first-order chi connectivity index (χ1) is 17.4. The maximum absolute atomic E-state index is 13.7. The molecule has 0 fully saturated rings. The predicted molar refractivity (Wildman–Crippen MR) is 145 cm³/mol. The summed E-state index contributed by atoms with van der Waals surface area (Å²) < 4.78 is 0. The second-order valence-corrected chi connectivity index (χ2v) is 10.2. The summed E-state index contributed by atoms with van der Waals surface area (Å²) in [7, 11) is 0. The van der Waals surface area contributed by atoms with E-state index in [9.17, 15) is 9.59 Å². The molecule has 0 bridgehead atoms. The molecule has 1 aliphatic heterocycles. The molecule has 1 aliphatic carbocycles. The fraction of sp³-hybridized carbons (Fsp3) is 0.233. The second kappa shape index (κ2) is 10.2. The van der Waals surface area contributed by atoms with E-state index in [1.165, 1.54) is 0 Å². The van der Waals surface area contributed by atoms with E-state index in [2.05, 4.69) is 39.9 Å². The average Bonchev–Trinajstić information content (AvgIpc) is 2.88. The Morgan fingerprint density at radius 2 is 1.69 bits per heavy atom. The van der Waals surface area contributed by atoms with Gasteiger partial charge in [0, 0.05) is 45.5 Å². The van der Waals surface area contributed by atoms with E-state index in [4.69, 9.17) is 0 Å². The van der Waals surface area contributed by atoms with Crippen LogP contribution in [0.4, 0.5) is 5.82 Å². The van der Waals surface area contributed by atoms with Crippen molar-refractivity contribution in [3.63, 3.8) is 0 Å². The Morgan fingerprint density at radius 1 is 0.944 bits per heavy atom. The number of nitrogens with one attached hydrogen (secondary N) is 2. The molecule has 36 heavy (non-hydrogen) atoms. The minimum atomic E-state index is -0.439. The zero-order chi connectivity index (χ0) is 25.2. The summed E-state index contributed by atoms with van der Waals surface area (Å²) in [6, 6.07) is 23.9. The third kappa shape index (κ3) is 4.73. The molecule has 5 rings (SSSR count). The minimum absolute atomic E-state index is 0.0861. The molecule has 0 spiro atoms. The van der Waals surface area contributed by atoms with Gasteiger partial charge in [0.2, 0.25) is 0 Å². The van der Waals surface area contributed by atoms with E-state index >= 15 is 0 Å². The maximum Gasteiger partial charge on any atom is 0.255 e. The average molecular weight is 496 g/mol. The van der Waals surface area contributed by atoms with Gasteiger partial charge in [-0.05, 0) is 67.8 Å². The zero-order valence-corrected chi connectivity index (χ0v) is 21.5. The Morgan fingerprint density at radius 3 is 2.39 bits per heavy atom. The molecule has 0 unspecified atom stereocenters. The number of dihydropyridines is 1. The number of hydrogen-bond donors (Lipinski definition) is 2. The number of rotatable bonds is 5. The summed E-state index contributed by atoms with van der Waals surface area (Å²) >= 11 is 1.67. The number of carbonyl (C=O) groups excluding carboxylic acids is 2. The molecule has 2 N–H and O–H groups in total. The van der Waals surface area contributed by atoms with Crippen LogP contribution in [0, 0.1) is 6.92 Å². The molecule has 6 heteroatoms. The van der Waals surface area contributed by atoms with E-state index in [0.717, 1.165) is 39.5 Å². The molecule has 1 amide bonds. The van der Waals surface area contributed by atoms with Crippen LogP contribution in [0.2, 0.25) is 0 Å². The second-order valence-electron chi connectivity index (χ2n) is 9.32. The molecule has 5 nitrogen and oxygen atoms in total. The first kappa shape index (κ1) is 24.1. The number of amides is 1. The lowest BCUT2D eigenvalue weighted by atomic mass is 9.71. The monoisotopic (exact) mass is 495 g/mol. The van der Waals surface area contributed by atoms with E-state index in [0.29, 0.717) is 23.4 Å². The van der Waals surface area contributed by atoms with Crippen LogP contribution in [0.5, 0.6) is 0 Å². The number of hydrogen-bond acceptors (Lipinski definition) is 5. The zero-order valence-electron chi connectivity index (χ0n) is 20.7. The highest BCUT2D eigenvalue weighted by atomic mass is 32.2. The number of benzene rings is 2. The summed E-state index contributed by atoms with van der Waals surface area (Å²) in [6.45, 7) is 3.81. The lowest BCUT2D eigenvalue weighted by Crippen LogP contribution is -2.37. The van der Waals surface area contributed by atoms with Crippen molar-refractivity contribution in [3.05, 3.63) is 112 Å². The number of aromatic nitrogens is 1. The molecule has 0 radical (unpaired) electrons. The van der Waals surface area contributed by atoms with Crippen LogP contribution < -0.4 is 10.6 Å². The molecular formula is C30H29N3O2S. The molecule has 2 aliphatic rings. The van der Waals surface area contributed by atoms with E-state index in [1.54, 1.807) is 17.8 Å². The highest BCUT2D eigenvalue weighted by Crippen LogP contribution is 2.45. The van der Waals surface area contributed by atoms with Crippen molar-refractivity contribution in [2.75, 3.05) is 11.6 Å². The SMILES string of the molecule is CSc1ccc([C@H]2C(C(=O)Nc3cccc(C)n3)=C(C)NC3=C2C(=O)C[C@H](c2ccccc2)C3)cc1. The summed E-state index contributed by atoms with van der Waals surface area (Å²) in [6.07, 6.45) is 3.19. The number of aryl methyl sites for hydroxylation is 1. The molecule has 0 saturated carbocycles. The number of ketones is 1. The Bertz CT molecular complexity index is 1380. The van der Waals surface area contributed by atoms with Crippen LogP contribution in [0.3, 0.4) is 0 Å². The smallest absolute Gasteiger partial charge is 0.255 e. The van der Waals surface area contributed by atoms with Gasteiger partial charge in [0.1, 0.15) is 5.82 Å². The molecule has 2 atom stereocenters. The minimum Gasteiger partial charge on any atom is -0.362 e. The molecule has 0 saturated heterocycles. The Kier molecular flexibility index (Phi) is 6.79. The van der Waals surface area contributed by atoms with Crippen LogP contribution in [0.25, 0.3) is 0 Å². The normalized spacial score (nSPS) is 19.6. The quantitative estimate of drug-likeness (QED) is 0.418. The van der Waals surface area contributed by atoms with Gasteiger partial charge < -0.3 is 10.6 Å². The van der Waals surface area contributed by atoms with Gasteiger partial charge in [-0.3, -0.25) is 9.59 Å². The first-order valence-electron chi connectivity index (χ1n) is 12.1. The Balaban J connectivity index is 1.56. The van der Waals surface area contributed by atoms with Gasteiger partial charge in [-0.2, -0.15) is 0 Å². The number of carbonyl (C=O) groups is 2. The fourth-order valence-corrected chi connectivity index (χ4v) is 5.64. The highest BCUT2D eigenvalue weighted by Gasteiger charge is 2.40. The van der Waals surface area contributed by atoms with Gasteiger partial charge >= 0.3 is 0 Å². The summed E-state index contributed by atoms with van der Waals surface area (Å²) in [5.74, 6) is 0.00981. The predicted octanol–water partition coefficient (Wildman–Crippen LogP) is 6.11. The van der Waals surface area contributed by atoms with E-state index < -0.39 is 5.92 Å². The van der Waals surface area contributed by atoms with Gasteiger partial charge in [0.05, 0.1) is 0 Å². The third-order valence-electron chi connectivity index (χ3n) is 6.92. The van der Waals surface area contributed by atoms with Crippen molar-refractivity contribution in [1.29, 1.82) is 0 Å². The van der Waals surface area contributed by atoms with Crippen molar-refractivity contribution >= 4 is 29.3 Å². The topological polar surface area (TPSA) is 71.1 Å². The van der Waals surface area contributed by atoms with Crippen molar-refractivity contribution < 1.29 is 9.59 Å². The fourth-order valence-electron chi connectivity index (χ4n) is 5.23. The highest BCUT2D eigenvalue weighted by molar-refractivity contribution is 7.98. The number of Topliss-reactive ketones (excluding diaryl/α,β-unsaturated/α-hetero) is 1. The molecule has 3 aromatic rings. The van der Waals surface area contributed by atoms with Crippen molar-refractivity contribution in [2.45, 2.75) is 43.4 Å². The lowest BCUT2D eigenvalue weighted by Gasteiger charge is -2.37. The number of anilines is 1. The summed E-state index contributed by atoms with van der Waals surface area (Å²) in [5, 5.41) is 6.42. The van der Waals surface area contributed by atoms with Crippen LogP contribution in [-0.4, -0.2) is 22.9 Å². The van der Waals surface area contributed by atoms with Gasteiger partial charge in [0.15, 0.2) is 5.78 Å². The van der Waals surface area contributed by atoms with Crippen molar-refractivity contribution in [2.24, 2.45) is 0 Å². The number of thioether (sulfide) groups is 1. The van der Waals surface area contributed by atoms with Gasteiger partial charge in [-0.25, -0.2) is 4.98 Å². The molecule has 2 aromatic carbocycles. The van der Waals surface area contributed by atoms with Crippen LogP contribution in [0.15, 0.2) is 100 Å². The van der Waals surface area contributed by atoms with Crippen LogP contribution >= 0.6 is 11.8 Å².